The van der Waals surface area contributed by atoms with Crippen molar-refractivity contribution in [3.8, 4) is 11.3 Å². The van der Waals surface area contributed by atoms with E-state index in [1.54, 1.807) is 23.7 Å². The third kappa shape index (κ3) is 3.96. The molecule has 1 saturated heterocycles. The van der Waals surface area contributed by atoms with Crippen LogP contribution in [0.1, 0.15) is 38.5 Å². The number of carbonyl (C=O) groups excluding carboxylic acids is 1. The minimum Gasteiger partial charge on any atom is -0.353 e. The van der Waals surface area contributed by atoms with Crippen molar-refractivity contribution in [1.82, 2.24) is 20.3 Å². The lowest BCUT2D eigenvalue weighted by Gasteiger charge is -2.31. The quantitative estimate of drug-likeness (QED) is 0.707. The van der Waals surface area contributed by atoms with Gasteiger partial charge in [-0.15, -0.1) is 0 Å². The summed E-state index contributed by atoms with van der Waals surface area (Å²) >= 11 is 1.64. The minimum atomic E-state index is 0.137. The summed E-state index contributed by atoms with van der Waals surface area (Å²) in [7, 11) is 0. The molecule has 4 heterocycles. The number of carbonyl (C=O) groups is 1. The highest BCUT2D eigenvalue weighted by Crippen LogP contribution is 2.32. The van der Waals surface area contributed by atoms with E-state index >= 15 is 0 Å². The van der Waals surface area contributed by atoms with Gasteiger partial charge in [0.05, 0.1) is 5.69 Å². The van der Waals surface area contributed by atoms with Crippen molar-refractivity contribution in [3.63, 3.8) is 0 Å². The molecule has 0 atom stereocenters. The number of hydrogen-bond acceptors (Lipinski definition) is 6. The molecule has 2 fully saturated rings. The van der Waals surface area contributed by atoms with Crippen molar-refractivity contribution in [2.24, 2.45) is 5.92 Å². The number of amides is 1. The molecule has 3 aromatic rings. The van der Waals surface area contributed by atoms with Crippen molar-refractivity contribution >= 4 is 32.7 Å². The molecule has 1 amide bonds. The van der Waals surface area contributed by atoms with Gasteiger partial charge in [-0.1, -0.05) is 24.2 Å². The number of fused-ring (bicyclic) bond motifs is 1. The van der Waals surface area contributed by atoms with Crippen LogP contribution in [0.5, 0.6) is 0 Å². The highest BCUT2D eigenvalue weighted by Gasteiger charge is 2.28. The third-order valence-electron chi connectivity index (χ3n) is 6.06. The van der Waals surface area contributed by atoms with Crippen molar-refractivity contribution in [2.45, 2.75) is 44.6 Å². The standard InChI is InChI=1S/C22H25N5OS/c28-20(24-17-3-1-2-4-17)16-9-13-27(14-10-16)22-26-19-6-5-18(25-21(19)29-22)15-7-11-23-12-8-15/h5-8,11-12,16-17H,1-4,9-10,13-14H2,(H,24,28). The van der Waals surface area contributed by atoms with Gasteiger partial charge in [-0.25, -0.2) is 9.97 Å². The van der Waals surface area contributed by atoms with Gasteiger partial charge in [0, 0.05) is 43.0 Å². The lowest BCUT2D eigenvalue weighted by atomic mass is 9.96. The number of aromatic nitrogens is 3. The van der Waals surface area contributed by atoms with Gasteiger partial charge < -0.3 is 10.2 Å². The van der Waals surface area contributed by atoms with Gasteiger partial charge in [0.1, 0.15) is 10.3 Å². The normalized spacial score (nSPS) is 18.4. The zero-order valence-corrected chi connectivity index (χ0v) is 17.2. The number of piperidine rings is 1. The second-order valence-electron chi connectivity index (χ2n) is 8.00. The molecule has 7 heteroatoms. The molecule has 0 radical (unpaired) electrons. The minimum absolute atomic E-state index is 0.137. The first-order chi connectivity index (χ1) is 14.3. The van der Waals surface area contributed by atoms with Crippen LogP contribution in [0.4, 0.5) is 5.13 Å². The lowest BCUT2D eigenvalue weighted by Crippen LogP contribution is -2.43. The average Bonchev–Trinajstić information content (AvgIpc) is 3.43. The van der Waals surface area contributed by atoms with E-state index in [-0.39, 0.29) is 11.8 Å². The molecule has 0 aromatic carbocycles. The summed E-state index contributed by atoms with van der Waals surface area (Å²) in [5.74, 6) is 0.391. The Bertz CT molecular complexity index is 991. The van der Waals surface area contributed by atoms with E-state index in [0.29, 0.717) is 6.04 Å². The first-order valence-corrected chi connectivity index (χ1v) is 11.3. The fraction of sp³-hybridized carbons (Fsp3) is 0.455. The maximum atomic E-state index is 12.6. The van der Waals surface area contributed by atoms with Crippen LogP contribution in [0.3, 0.4) is 0 Å². The number of hydrogen-bond donors (Lipinski definition) is 1. The van der Waals surface area contributed by atoms with Crippen LogP contribution in [0.25, 0.3) is 21.6 Å². The van der Waals surface area contributed by atoms with Gasteiger partial charge >= 0.3 is 0 Å². The highest BCUT2D eigenvalue weighted by atomic mass is 32.1. The maximum absolute atomic E-state index is 12.6. The summed E-state index contributed by atoms with van der Waals surface area (Å²) in [6.07, 6.45) is 10.1. The van der Waals surface area contributed by atoms with Crippen LogP contribution in [0, 0.1) is 5.92 Å². The van der Waals surface area contributed by atoms with E-state index in [0.717, 1.165) is 65.5 Å². The van der Waals surface area contributed by atoms with Crippen molar-refractivity contribution < 1.29 is 4.79 Å². The fourth-order valence-corrected chi connectivity index (χ4v) is 5.34. The monoisotopic (exact) mass is 407 g/mol. The number of nitrogens with one attached hydrogen (secondary N) is 1. The van der Waals surface area contributed by atoms with Gasteiger partial charge in [-0.3, -0.25) is 9.78 Å². The fourth-order valence-electron chi connectivity index (χ4n) is 4.35. The number of nitrogens with zero attached hydrogens (tertiary/aromatic N) is 4. The van der Waals surface area contributed by atoms with Crippen molar-refractivity contribution in [3.05, 3.63) is 36.7 Å². The van der Waals surface area contributed by atoms with E-state index in [2.05, 4.69) is 15.2 Å². The summed E-state index contributed by atoms with van der Waals surface area (Å²) in [5.41, 5.74) is 2.94. The van der Waals surface area contributed by atoms with Crippen LogP contribution in [-0.2, 0) is 4.79 Å². The Balaban J connectivity index is 1.25. The molecule has 150 valence electrons. The molecule has 6 nitrogen and oxygen atoms in total. The van der Waals surface area contributed by atoms with E-state index in [1.807, 2.05) is 24.3 Å². The Labute approximate surface area is 174 Å². The number of rotatable bonds is 4. The Hall–Kier alpha value is -2.54. The van der Waals surface area contributed by atoms with Crippen molar-refractivity contribution in [1.29, 1.82) is 0 Å². The second kappa shape index (κ2) is 8.06. The molecule has 2 aliphatic rings. The zero-order chi connectivity index (χ0) is 19.6. The smallest absolute Gasteiger partial charge is 0.223 e. The molecule has 1 saturated carbocycles. The number of anilines is 1. The van der Waals surface area contributed by atoms with E-state index < -0.39 is 0 Å². The summed E-state index contributed by atoms with van der Waals surface area (Å²) in [4.78, 5) is 29.5. The van der Waals surface area contributed by atoms with E-state index in [4.69, 9.17) is 9.97 Å². The predicted molar refractivity (Wildman–Crippen MR) is 116 cm³/mol. The van der Waals surface area contributed by atoms with Crippen molar-refractivity contribution in [2.75, 3.05) is 18.0 Å². The summed E-state index contributed by atoms with van der Waals surface area (Å²) in [6.45, 7) is 1.75. The summed E-state index contributed by atoms with van der Waals surface area (Å²) in [5, 5.41) is 4.27. The van der Waals surface area contributed by atoms with Gasteiger partial charge in [0.2, 0.25) is 5.91 Å². The van der Waals surface area contributed by atoms with Gasteiger partial charge in [0.25, 0.3) is 0 Å². The van der Waals surface area contributed by atoms with Crippen LogP contribution in [-0.4, -0.2) is 40.0 Å². The van der Waals surface area contributed by atoms with Gasteiger partial charge in [0.15, 0.2) is 5.13 Å². The molecule has 1 aliphatic carbocycles. The molecular formula is C22H25N5OS. The molecule has 29 heavy (non-hydrogen) atoms. The highest BCUT2D eigenvalue weighted by molar-refractivity contribution is 7.21. The molecular weight excluding hydrogens is 382 g/mol. The van der Waals surface area contributed by atoms with Crippen LogP contribution in [0.15, 0.2) is 36.7 Å². The van der Waals surface area contributed by atoms with Gasteiger partial charge in [-0.2, -0.15) is 0 Å². The SMILES string of the molecule is O=C(NC1CCCC1)C1CCN(c2nc3ccc(-c4ccncc4)nc3s2)CC1. The molecule has 1 aliphatic heterocycles. The van der Waals surface area contributed by atoms with Crippen LogP contribution in [0.2, 0.25) is 0 Å². The van der Waals surface area contributed by atoms with E-state index in [9.17, 15) is 4.79 Å². The molecule has 0 spiro atoms. The average molecular weight is 408 g/mol. The third-order valence-corrected chi connectivity index (χ3v) is 7.08. The first kappa shape index (κ1) is 18.5. The van der Waals surface area contributed by atoms with Crippen LogP contribution < -0.4 is 10.2 Å². The molecule has 5 rings (SSSR count). The maximum Gasteiger partial charge on any atom is 0.223 e. The second-order valence-corrected chi connectivity index (χ2v) is 8.96. The molecule has 1 N–H and O–H groups in total. The number of pyridine rings is 2. The molecule has 3 aromatic heterocycles. The zero-order valence-electron chi connectivity index (χ0n) is 16.4. The lowest BCUT2D eigenvalue weighted by molar-refractivity contribution is -0.126. The molecule has 0 unspecified atom stereocenters. The largest absolute Gasteiger partial charge is 0.353 e. The van der Waals surface area contributed by atoms with E-state index in [1.165, 1.54) is 12.8 Å². The molecule has 0 bridgehead atoms. The summed E-state index contributed by atoms with van der Waals surface area (Å²) in [6, 6.07) is 8.40. The summed E-state index contributed by atoms with van der Waals surface area (Å²) < 4.78 is 0. The van der Waals surface area contributed by atoms with Crippen LogP contribution >= 0.6 is 11.3 Å². The van der Waals surface area contributed by atoms with Gasteiger partial charge in [-0.05, 0) is 49.9 Å². The predicted octanol–water partition coefficient (Wildman–Crippen LogP) is 4.03. The first-order valence-electron chi connectivity index (χ1n) is 10.5. The Morgan fingerprint density at radius 3 is 2.52 bits per heavy atom. The Morgan fingerprint density at radius 2 is 1.76 bits per heavy atom. The topological polar surface area (TPSA) is 71.0 Å². The number of thiazole rings is 1. The Morgan fingerprint density at radius 1 is 1.00 bits per heavy atom. The Kier molecular flexibility index (Phi) is 5.14.